The molecule has 2 aromatic rings. The highest BCUT2D eigenvalue weighted by Crippen LogP contribution is 2.39. The van der Waals surface area contributed by atoms with Crippen molar-refractivity contribution in [1.29, 1.82) is 5.41 Å². The maximum absolute atomic E-state index is 13.5. The van der Waals surface area contributed by atoms with Gasteiger partial charge in [-0.2, -0.15) is 0 Å². The molecule has 4 N–H and O–H groups in total. The van der Waals surface area contributed by atoms with Crippen molar-refractivity contribution in [2.45, 2.75) is 52.5 Å². The topological polar surface area (TPSA) is 141 Å². The highest BCUT2D eigenvalue weighted by Gasteiger charge is 2.30. The zero-order chi connectivity index (χ0) is 28.9. The van der Waals surface area contributed by atoms with Gasteiger partial charge in [-0.05, 0) is 48.6 Å². The Labute approximate surface area is 245 Å². The average Bonchev–Trinajstić information content (AvgIpc) is 3.19. The number of hydrogen-bond acceptors (Lipinski definition) is 7. The fourth-order valence-electron chi connectivity index (χ4n) is 4.41. The van der Waals surface area contributed by atoms with Crippen molar-refractivity contribution in [3.05, 3.63) is 52.1 Å². The lowest BCUT2D eigenvalue weighted by Crippen LogP contribution is -2.30. The van der Waals surface area contributed by atoms with Crippen LogP contribution in [0, 0.1) is 5.41 Å². The molecule has 1 aliphatic rings. The maximum Gasteiger partial charge on any atom is 0.254 e. The number of amidine groups is 1. The van der Waals surface area contributed by atoms with Gasteiger partial charge in [-0.1, -0.05) is 20.8 Å². The van der Waals surface area contributed by atoms with E-state index in [1.807, 2.05) is 27.7 Å². The maximum atomic E-state index is 13.5. The number of phenols is 1. The van der Waals surface area contributed by atoms with Gasteiger partial charge in [-0.15, -0.1) is 17.0 Å². The monoisotopic (exact) mass is 618 g/mol. The fourth-order valence-corrected chi connectivity index (χ4v) is 4.41. The van der Waals surface area contributed by atoms with Gasteiger partial charge in [0.15, 0.2) is 17.3 Å². The van der Waals surface area contributed by atoms with Crippen molar-refractivity contribution in [2.24, 2.45) is 0 Å². The van der Waals surface area contributed by atoms with E-state index in [4.69, 9.17) is 14.9 Å². The van der Waals surface area contributed by atoms with Gasteiger partial charge in [0.1, 0.15) is 11.6 Å². The highest BCUT2D eigenvalue weighted by atomic mass is 79.9. The number of benzene rings is 2. The first-order chi connectivity index (χ1) is 18.4. The number of fused-ring (bicyclic) bond motifs is 1. The molecule has 1 heterocycles. The molecule has 10 nitrogen and oxygen atoms in total. The first-order valence-corrected chi connectivity index (χ1v) is 13.0. The summed E-state index contributed by atoms with van der Waals surface area (Å²) in [5, 5.41) is 24.7. The summed E-state index contributed by atoms with van der Waals surface area (Å²) in [5.74, 6) is 0.0572. The molecule has 0 aliphatic carbocycles. The van der Waals surface area contributed by atoms with Crippen LogP contribution in [0.2, 0.25) is 0 Å². The number of carbonyl (C=O) groups is 3. The minimum absolute atomic E-state index is 0. The van der Waals surface area contributed by atoms with E-state index in [1.54, 1.807) is 30.1 Å². The summed E-state index contributed by atoms with van der Waals surface area (Å²) in [7, 11) is 3.10. The Hall–Kier alpha value is -3.60. The van der Waals surface area contributed by atoms with Gasteiger partial charge >= 0.3 is 0 Å². The largest absolute Gasteiger partial charge is 0.504 e. The first kappa shape index (κ1) is 32.6. The van der Waals surface area contributed by atoms with Crippen LogP contribution >= 0.6 is 17.0 Å². The van der Waals surface area contributed by atoms with Crippen LogP contribution in [0.5, 0.6) is 17.2 Å². The number of ether oxygens (including phenoxy) is 2. The first-order valence-electron chi connectivity index (χ1n) is 13.0. The summed E-state index contributed by atoms with van der Waals surface area (Å²) in [6.45, 7) is 8.45. The minimum Gasteiger partial charge on any atom is -0.504 e. The molecule has 218 valence electrons. The van der Waals surface area contributed by atoms with Gasteiger partial charge in [0.05, 0.1) is 25.3 Å². The van der Waals surface area contributed by atoms with Crippen LogP contribution in [0.25, 0.3) is 0 Å². The Balaban J connectivity index is 0.00000560. The van der Waals surface area contributed by atoms with Crippen molar-refractivity contribution in [2.75, 3.05) is 33.9 Å². The molecular formula is C29H39BrN4O6. The lowest BCUT2D eigenvalue weighted by Gasteiger charge is -2.24. The van der Waals surface area contributed by atoms with Crippen molar-refractivity contribution in [1.82, 2.24) is 15.5 Å². The molecular weight excluding hydrogens is 580 g/mol. The second-order valence-corrected chi connectivity index (χ2v) is 10.4. The molecule has 2 amide bonds. The molecule has 0 fully saturated rings. The molecule has 3 rings (SSSR count). The Kier molecular flexibility index (Phi) is 11.1. The molecule has 2 aromatic carbocycles. The van der Waals surface area contributed by atoms with Gasteiger partial charge in [0, 0.05) is 43.8 Å². The number of phenolic OH excluding ortho intramolecular Hbond substituents is 1. The molecule has 11 heteroatoms. The number of Topliss-reactive ketones (excluding diaryl/α,β-unsaturated/α-hetero) is 1. The number of hydrogen-bond donors (Lipinski definition) is 4. The van der Waals surface area contributed by atoms with Gasteiger partial charge in [-0.25, -0.2) is 0 Å². The van der Waals surface area contributed by atoms with Gasteiger partial charge in [-0.3, -0.25) is 19.8 Å². The number of amides is 2. The number of nitrogens with one attached hydrogen (secondary N) is 3. The van der Waals surface area contributed by atoms with Crippen LogP contribution in [0.1, 0.15) is 77.9 Å². The molecule has 0 unspecified atom stereocenters. The van der Waals surface area contributed by atoms with Crippen LogP contribution in [0.15, 0.2) is 24.3 Å². The molecule has 0 saturated heterocycles. The summed E-state index contributed by atoms with van der Waals surface area (Å²) >= 11 is 0. The van der Waals surface area contributed by atoms with E-state index in [2.05, 4.69) is 10.6 Å². The Morgan fingerprint density at radius 2 is 1.75 bits per heavy atom. The summed E-state index contributed by atoms with van der Waals surface area (Å²) in [5.41, 5.74) is 2.15. The lowest BCUT2D eigenvalue weighted by molar-refractivity contribution is -0.120. The van der Waals surface area contributed by atoms with E-state index in [-0.39, 0.29) is 71.5 Å². The second kappa shape index (κ2) is 13.6. The smallest absolute Gasteiger partial charge is 0.254 e. The predicted molar refractivity (Wildman–Crippen MR) is 158 cm³/mol. The Morgan fingerprint density at radius 3 is 2.35 bits per heavy atom. The van der Waals surface area contributed by atoms with E-state index >= 15 is 0 Å². The molecule has 0 saturated carbocycles. The standard InChI is InChI=1S/C29H38N4O6.BrH/c1-7-38-23-13-18-15-33(27(30)19(18)14-20(23)28(37)32-6)16-22(34)17-11-21(29(2,3)4)26(36)24(12-17)39-10-8-9-25(35)31-5;/h11-14,30,36H,7-10,15-16H2,1-6H3,(H,31,35)(H,32,37);1H. The van der Waals surface area contributed by atoms with E-state index in [0.29, 0.717) is 47.6 Å². The number of ketones is 1. The van der Waals surface area contributed by atoms with Crippen LogP contribution < -0.4 is 20.1 Å². The summed E-state index contributed by atoms with van der Waals surface area (Å²) in [6, 6.07) is 6.57. The zero-order valence-corrected chi connectivity index (χ0v) is 25.6. The predicted octanol–water partition coefficient (Wildman–Crippen LogP) is 3.95. The van der Waals surface area contributed by atoms with Gasteiger partial charge in [0.25, 0.3) is 5.91 Å². The number of rotatable bonds is 11. The second-order valence-electron chi connectivity index (χ2n) is 10.4. The molecule has 0 aromatic heterocycles. The summed E-state index contributed by atoms with van der Waals surface area (Å²) in [6.07, 6.45) is 0.736. The zero-order valence-electron chi connectivity index (χ0n) is 23.9. The van der Waals surface area contributed by atoms with Crippen LogP contribution in [0.3, 0.4) is 0 Å². The third kappa shape index (κ3) is 7.32. The fraction of sp³-hybridized carbons (Fsp3) is 0.448. The number of aromatic hydroxyl groups is 1. The summed E-state index contributed by atoms with van der Waals surface area (Å²) in [4.78, 5) is 39.0. The summed E-state index contributed by atoms with van der Waals surface area (Å²) < 4.78 is 11.5. The Bertz CT molecular complexity index is 1290. The molecule has 0 radical (unpaired) electrons. The molecule has 0 spiro atoms. The minimum atomic E-state index is -0.469. The van der Waals surface area contributed by atoms with Crippen LogP contribution in [0.4, 0.5) is 0 Å². The molecule has 40 heavy (non-hydrogen) atoms. The number of nitrogens with zero attached hydrogens (tertiary/aromatic N) is 1. The Morgan fingerprint density at radius 1 is 1.05 bits per heavy atom. The van der Waals surface area contributed by atoms with Crippen LogP contribution in [-0.2, 0) is 16.8 Å². The number of carbonyl (C=O) groups excluding carboxylic acids is 3. The van der Waals surface area contributed by atoms with E-state index in [0.717, 1.165) is 5.56 Å². The van der Waals surface area contributed by atoms with Crippen molar-refractivity contribution < 1.29 is 29.0 Å². The van der Waals surface area contributed by atoms with E-state index in [1.165, 1.54) is 13.1 Å². The normalized spacial score (nSPS) is 12.3. The third-order valence-electron chi connectivity index (χ3n) is 6.53. The lowest BCUT2D eigenvalue weighted by atomic mass is 9.84. The quantitative estimate of drug-likeness (QED) is 0.221. The van der Waals surface area contributed by atoms with Gasteiger partial charge < -0.3 is 30.1 Å². The van der Waals surface area contributed by atoms with Crippen molar-refractivity contribution >= 4 is 40.4 Å². The van der Waals surface area contributed by atoms with E-state index in [9.17, 15) is 19.5 Å². The highest BCUT2D eigenvalue weighted by molar-refractivity contribution is 8.93. The SMILES string of the molecule is Br.CCOc1cc2c(cc1C(=O)NC)C(=N)N(CC(=O)c1cc(OCCCC(=O)NC)c(O)c(C(C)(C)C)c1)C2. The molecule has 0 atom stereocenters. The molecule has 1 aliphatic heterocycles. The van der Waals surface area contributed by atoms with Gasteiger partial charge in [0.2, 0.25) is 5.91 Å². The molecule has 0 bridgehead atoms. The third-order valence-corrected chi connectivity index (χ3v) is 6.53. The average molecular weight is 620 g/mol. The number of halogens is 1. The van der Waals surface area contributed by atoms with Crippen molar-refractivity contribution in [3.63, 3.8) is 0 Å². The van der Waals surface area contributed by atoms with Crippen LogP contribution in [-0.4, -0.2) is 67.3 Å². The van der Waals surface area contributed by atoms with Crippen molar-refractivity contribution in [3.8, 4) is 17.2 Å². The van der Waals surface area contributed by atoms with E-state index < -0.39 is 5.41 Å².